The minimum absolute atomic E-state index is 0.176. The standard InChI is InChI=1S/C22H28FN3O4S/c1-15-10-16(2)12-19(11-15)26(31(5,29)30)14-21(27)25(17(3)22(28)24-4)13-18-8-6-7-9-20(18)23/h6-12,17H,13-14H2,1-5H3,(H,24,28)/t17-/m0/s1. The number of sulfonamides is 1. The van der Waals surface area contributed by atoms with Crippen LogP contribution in [0.5, 0.6) is 0 Å². The van der Waals surface area contributed by atoms with Gasteiger partial charge in [0.25, 0.3) is 0 Å². The summed E-state index contributed by atoms with van der Waals surface area (Å²) in [7, 11) is -2.37. The highest BCUT2D eigenvalue weighted by molar-refractivity contribution is 7.92. The first kappa shape index (κ1) is 24.3. The van der Waals surface area contributed by atoms with Crippen molar-refractivity contribution in [3.8, 4) is 0 Å². The Hall–Kier alpha value is -2.94. The van der Waals surface area contributed by atoms with Crippen LogP contribution in [-0.4, -0.2) is 51.0 Å². The number of carbonyl (C=O) groups excluding carboxylic acids is 2. The summed E-state index contributed by atoms with van der Waals surface area (Å²) in [6.45, 7) is 4.48. The van der Waals surface area contributed by atoms with Crippen molar-refractivity contribution in [1.82, 2.24) is 10.2 Å². The van der Waals surface area contributed by atoms with Crippen molar-refractivity contribution in [3.05, 3.63) is 65.0 Å². The zero-order valence-corrected chi connectivity index (χ0v) is 19.2. The van der Waals surface area contributed by atoms with E-state index in [1.807, 2.05) is 19.9 Å². The molecular weight excluding hydrogens is 421 g/mol. The van der Waals surface area contributed by atoms with E-state index in [4.69, 9.17) is 0 Å². The average molecular weight is 450 g/mol. The first-order valence-corrected chi connectivity index (χ1v) is 11.6. The van der Waals surface area contributed by atoms with Crippen LogP contribution in [0.1, 0.15) is 23.6 Å². The highest BCUT2D eigenvalue weighted by Crippen LogP contribution is 2.22. The molecule has 0 aliphatic rings. The van der Waals surface area contributed by atoms with Crippen molar-refractivity contribution in [1.29, 1.82) is 0 Å². The van der Waals surface area contributed by atoms with E-state index in [-0.39, 0.29) is 12.1 Å². The molecule has 1 N–H and O–H groups in total. The van der Waals surface area contributed by atoms with Gasteiger partial charge in [0.05, 0.1) is 11.9 Å². The third-order valence-electron chi connectivity index (χ3n) is 4.89. The molecule has 0 saturated heterocycles. The number of nitrogens with zero attached hydrogens (tertiary/aromatic N) is 2. The smallest absolute Gasteiger partial charge is 0.244 e. The minimum Gasteiger partial charge on any atom is -0.357 e. The molecule has 0 fully saturated rings. The number of amides is 2. The van der Waals surface area contributed by atoms with E-state index >= 15 is 0 Å². The average Bonchev–Trinajstić information content (AvgIpc) is 2.68. The number of carbonyl (C=O) groups is 2. The molecule has 0 unspecified atom stereocenters. The van der Waals surface area contributed by atoms with Crippen LogP contribution in [0.4, 0.5) is 10.1 Å². The zero-order chi connectivity index (χ0) is 23.3. The van der Waals surface area contributed by atoms with Crippen LogP contribution in [0, 0.1) is 19.7 Å². The fraction of sp³-hybridized carbons (Fsp3) is 0.364. The van der Waals surface area contributed by atoms with Gasteiger partial charge in [-0.15, -0.1) is 0 Å². The third-order valence-corrected chi connectivity index (χ3v) is 6.03. The molecule has 168 valence electrons. The van der Waals surface area contributed by atoms with Gasteiger partial charge in [-0.1, -0.05) is 24.3 Å². The summed E-state index contributed by atoms with van der Waals surface area (Å²) in [5, 5.41) is 2.47. The van der Waals surface area contributed by atoms with Gasteiger partial charge >= 0.3 is 0 Å². The van der Waals surface area contributed by atoms with E-state index in [1.165, 1.54) is 37.1 Å². The van der Waals surface area contributed by atoms with Gasteiger partial charge in [0, 0.05) is 19.2 Å². The Bertz CT molecular complexity index is 1050. The van der Waals surface area contributed by atoms with Crippen molar-refractivity contribution in [2.45, 2.75) is 33.4 Å². The van der Waals surface area contributed by atoms with Crippen LogP contribution in [0.15, 0.2) is 42.5 Å². The van der Waals surface area contributed by atoms with Gasteiger partial charge in [-0.3, -0.25) is 13.9 Å². The molecule has 2 aromatic rings. The van der Waals surface area contributed by atoms with Crippen molar-refractivity contribution in [3.63, 3.8) is 0 Å². The monoisotopic (exact) mass is 449 g/mol. The van der Waals surface area contributed by atoms with Crippen LogP contribution in [0.25, 0.3) is 0 Å². The minimum atomic E-state index is -3.80. The number of aryl methyl sites for hydroxylation is 2. The third kappa shape index (κ3) is 6.27. The summed E-state index contributed by atoms with van der Waals surface area (Å²) >= 11 is 0. The first-order valence-electron chi connectivity index (χ1n) is 9.74. The molecule has 1 atom stereocenters. The van der Waals surface area contributed by atoms with Gasteiger partial charge < -0.3 is 10.2 Å². The normalized spacial score (nSPS) is 12.2. The molecule has 2 aromatic carbocycles. The van der Waals surface area contributed by atoms with Crippen LogP contribution in [0.3, 0.4) is 0 Å². The molecular formula is C22H28FN3O4S. The molecule has 2 rings (SSSR count). The SMILES string of the molecule is CNC(=O)[C@H](C)N(Cc1ccccc1F)C(=O)CN(c1cc(C)cc(C)c1)S(C)(=O)=O. The van der Waals surface area contributed by atoms with E-state index in [9.17, 15) is 22.4 Å². The predicted molar refractivity (Wildman–Crippen MR) is 119 cm³/mol. The number of hydrogen-bond acceptors (Lipinski definition) is 4. The highest BCUT2D eigenvalue weighted by Gasteiger charge is 2.30. The van der Waals surface area contributed by atoms with E-state index in [1.54, 1.807) is 18.2 Å². The number of nitrogens with one attached hydrogen (secondary N) is 1. The fourth-order valence-electron chi connectivity index (χ4n) is 3.31. The second kappa shape index (κ2) is 9.91. The van der Waals surface area contributed by atoms with Crippen molar-refractivity contribution in [2.24, 2.45) is 0 Å². The van der Waals surface area contributed by atoms with Gasteiger partial charge in [0.2, 0.25) is 21.8 Å². The molecule has 0 bridgehead atoms. The second-order valence-electron chi connectivity index (χ2n) is 7.52. The first-order chi connectivity index (χ1) is 14.4. The summed E-state index contributed by atoms with van der Waals surface area (Å²) < 4.78 is 40.2. The summed E-state index contributed by atoms with van der Waals surface area (Å²) in [6, 6.07) is 10.2. The van der Waals surface area contributed by atoms with E-state index in [2.05, 4.69) is 5.32 Å². The van der Waals surface area contributed by atoms with Gasteiger partial charge in [0.15, 0.2) is 0 Å². The van der Waals surface area contributed by atoms with Crippen molar-refractivity contribution >= 4 is 27.5 Å². The van der Waals surface area contributed by atoms with E-state index in [0.29, 0.717) is 5.69 Å². The lowest BCUT2D eigenvalue weighted by Crippen LogP contribution is -2.50. The number of anilines is 1. The lowest BCUT2D eigenvalue weighted by molar-refractivity contribution is -0.139. The molecule has 0 aromatic heterocycles. The Kier molecular flexibility index (Phi) is 7.78. The Labute approximate surface area is 182 Å². The van der Waals surface area contributed by atoms with Crippen molar-refractivity contribution in [2.75, 3.05) is 24.2 Å². The molecule has 0 radical (unpaired) electrons. The van der Waals surface area contributed by atoms with E-state index < -0.39 is 40.2 Å². The number of benzene rings is 2. The number of likely N-dealkylation sites (N-methyl/N-ethyl adjacent to an activating group) is 1. The summed E-state index contributed by atoms with van der Waals surface area (Å²) in [5.74, 6) is -1.58. The maximum atomic E-state index is 14.2. The van der Waals surface area contributed by atoms with Gasteiger partial charge in [0.1, 0.15) is 18.4 Å². The van der Waals surface area contributed by atoms with Gasteiger partial charge in [-0.25, -0.2) is 12.8 Å². The Morgan fingerprint density at radius 3 is 2.19 bits per heavy atom. The maximum absolute atomic E-state index is 14.2. The molecule has 7 nitrogen and oxygen atoms in total. The van der Waals surface area contributed by atoms with Gasteiger partial charge in [-0.2, -0.15) is 0 Å². The predicted octanol–water partition coefficient (Wildman–Crippen LogP) is 2.37. The molecule has 2 amide bonds. The van der Waals surface area contributed by atoms with Crippen LogP contribution < -0.4 is 9.62 Å². The molecule has 0 aliphatic heterocycles. The Morgan fingerprint density at radius 2 is 1.68 bits per heavy atom. The van der Waals surface area contributed by atoms with Gasteiger partial charge in [-0.05, 0) is 50.1 Å². The fourth-order valence-corrected chi connectivity index (χ4v) is 4.14. The molecule has 9 heteroatoms. The Morgan fingerprint density at radius 1 is 1.10 bits per heavy atom. The van der Waals surface area contributed by atoms with Crippen LogP contribution >= 0.6 is 0 Å². The molecule has 0 spiro atoms. The largest absolute Gasteiger partial charge is 0.357 e. The summed E-state index contributed by atoms with van der Waals surface area (Å²) in [5.41, 5.74) is 2.27. The van der Waals surface area contributed by atoms with Crippen molar-refractivity contribution < 1.29 is 22.4 Å². The maximum Gasteiger partial charge on any atom is 0.244 e. The summed E-state index contributed by atoms with van der Waals surface area (Å²) in [4.78, 5) is 26.7. The Balaban J connectivity index is 2.43. The topological polar surface area (TPSA) is 86.8 Å². The van der Waals surface area contributed by atoms with E-state index in [0.717, 1.165) is 21.7 Å². The number of halogens is 1. The molecule has 0 aliphatic carbocycles. The number of hydrogen-bond donors (Lipinski definition) is 1. The lowest BCUT2D eigenvalue weighted by Gasteiger charge is -2.31. The molecule has 0 heterocycles. The zero-order valence-electron chi connectivity index (χ0n) is 18.3. The molecule has 0 saturated carbocycles. The second-order valence-corrected chi connectivity index (χ2v) is 9.43. The highest BCUT2D eigenvalue weighted by atomic mass is 32.2. The summed E-state index contributed by atoms with van der Waals surface area (Å²) in [6.07, 6.45) is 1.02. The quantitative estimate of drug-likeness (QED) is 0.670. The van der Waals surface area contributed by atoms with Crippen LogP contribution in [0.2, 0.25) is 0 Å². The molecule has 31 heavy (non-hydrogen) atoms. The van der Waals surface area contributed by atoms with Crippen LogP contribution in [-0.2, 0) is 26.2 Å². The lowest BCUT2D eigenvalue weighted by atomic mass is 10.1. The number of rotatable bonds is 8.